The number of amides is 1. The van der Waals surface area contributed by atoms with Crippen molar-refractivity contribution in [2.45, 2.75) is 6.04 Å². The lowest BCUT2D eigenvalue weighted by molar-refractivity contribution is -0.119. The molecule has 0 heterocycles. The molecule has 0 aromatic heterocycles. The Labute approximate surface area is 69.8 Å². The average molecular weight is 166 g/mol. The summed E-state index contributed by atoms with van der Waals surface area (Å²) in [5.41, 5.74) is 11.0. The molecule has 0 aliphatic carbocycles. The summed E-state index contributed by atoms with van der Waals surface area (Å²) in [5.74, 6) is -0.448. The second kappa shape index (κ2) is 3.23. The fraction of sp³-hybridized carbons (Fsp3) is 0.125. The van der Waals surface area contributed by atoms with Gasteiger partial charge in [0.1, 0.15) is 11.8 Å². The standard InChI is InChI=1S/C8H10N2O2/c9-7(8(10)12)5-1-3-6(11)4-2-5/h1-4,7,11H,9H2,(H2,10,12)/t7-/m0/s1. The Morgan fingerprint density at radius 2 is 1.83 bits per heavy atom. The van der Waals surface area contributed by atoms with Crippen molar-refractivity contribution in [1.82, 2.24) is 0 Å². The van der Waals surface area contributed by atoms with E-state index in [2.05, 4.69) is 0 Å². The third-order valence-corrected chi connectivity index (χ3v) is 1.56. The fourth-order valence-corrected chi connectivity index (χ4v) is 0.846. The molecule has 0 aliphatic heterocycles. The molecule has 1 amide bonds. The van der Waals surface area contributed by atoms with Crippen molar-refractivity contribution in [1.29, 1.82) is 0 Å². The van der Waals surface area contributed by atoms with Crippen molar-refractivity contribution in [3.8, 4) is 5.75 Å². The molecule has 0 saturated carbocycles. The molecule has 1 aromatic rings. The van der Waals surface area contributed by atoms with E-state index in [-0.39, 0.29) is 5.75 Å². The molecule has 0 unspecified atom stereocenters. The Kier molecular flexibility index (Phi) is 2.30. The van der Waals surface area contributed by atoms with Crippen LogP contribution in [0.15, 0.2) is 24.3 Å². The van der Waals surface area contributed by atoms with Crippen LogP contribution in [0.5, 0.6) is 5.75 Å². The molecule has 0 bridgehead atoms. The number of aromatic hydroxyl groups is 1. The highest BCUT2D eigenvalue weighted by Gasteiger charge is 2.10. The Morgan fingerprint density at radius 3 is 2.25 bits per heavy atom. The highest BCUT2D eigenvalue weighted by Crippen LogP contribution is 2.14. The molecule has 64 valence electrons. The lowest BCUT2D eigenvalue weighted by Gasteiger charge is -2.06. The zero-order valence-corrected chi connectivity index (χ0v) is 6.40. The van der Waals surface area contributed by atoms with Gasteiger partial charge in [-0.3, -0.25) is 4.79 Å². The van der Waals surface area contributed by atoms with Crippen LogP contribution in [-0.2, 0) is 4.79 Å². The molecule has 4 nitrogen and oxygen atoms in total. The average Bonchev–Trinajstić information content (AvgIpc) is 2.04. The first-order valence-electron chi connectivity index (χ1n) is 3.45. The lowest BCUT2D eigenvalue weighted by atomic mass is 10.1. The summed E-state index contributed by atoms with van der Waals surface area (Å²) in [5, 5.41) is 8.92. The van der Waals surface area contributed by atoms with Crippen LogP contribution in [0.4, 0.5) is 0 Å². The minimum atomic E-state index is -0.800. The molecule has 1 rings (SSSR count). The quantitative estimate of drug-likeness (QED) is 0.572. The van der Waals surface area contributed by atoms with Crippen LogP contribution in [0.25, 0.3) is 0 Å². The van der Waals surface area contributed by atoms with Gasteiger partial charge in [-0.1, -0.05) is 12.1 Å². The van der Waals surface area contributed by atoms with Gasteiger partial charge in [0.2, 0.25) is 5.91 Å². The van der Waals surface area contributed by atoms with Crippen molar-refractivity contribution in [2.75, 3.05) is 0 Å². The molecule has 0 radical (unpaired) electrons. The van der Waals surface area contributed by atoms with Gasteiger partial charge in [0.05, 0.1) is 0 Å². The summed E-state index contributed by atoms with van der Waals surface area (Å²) >= 11 is 0. The number of phenols is 1. The number of hydrogen-bond donors (Lipinski definition) is 3. The van der Waals surface area contributed by atoms with E-state index >= 15 is 0 Å². The van der Waals surface area contributed by atoms with Crippen LogP contribution in [0.3, 0.4) is 0 Å². The van der Waals surface area contributed by atoms with Gasteiger partial charge in [-0.05, 0) is 17.7 Å². The van der Waals surface area contributed by atoms with Crippen molar-refractivity contribution < 1.29 is 9.90 Å². The summed E-state index contributed by atoms with van der Waals surface area (Å²) < 4.78 is 0. The second-order valence-electron chi connectivity index (χ2n) is 2.47. The summed E-state index contributed by atoms with van der Waals surface area (Å²) in [7, 11) is 0. The van der Waals surface area contributed by atoms with Gasteiger partial charge in [-0.25, -0.2) is 0 Å². The summed E-state index contributed by atoms with van der Waals surface area (Å²) in [4.78, 5) is 10.6. The van der Waals surface area contributed by atoms with Crippen molar-refractivity contribution in [3.05, 3.63) is 29.8 Å². The van der Waals surface area contributed by atoms with Crippen LogP contribution in [0, 0.1) is 0 Å². The van der Waals surface area contributed by atoms with E-state index in [1.807, 2.05) is 0 Å². The van der Waals surface area contributed by atoms with Crippen LogP contribution in [0.1, 0.15) is 11.6 Å². The van der Waals surface area contributed by atoms with Gasteiger partial charge < -0.3 is 16.6 Å². The Morgan fingerprint density at radius 1 is 1.33 bits per heavy atom. The number of nitrogens with two attached hydrogens (primary N) is 2. The number of rotatable bonds is 2. The molecule has 0 aliphatic rings. The van der Waals surface area contributed by atoms with E-state index in [1.165, 1.54) is 12.1 Å². The van der Waals surface area contributed by atoms with E-state index in [9.17, 15) is 4.79 Å². The van der Waals surface area contributed by atoms with Gasteiger partial charge in [0.15, 0.2) is 0 Å². The Balaban J connectivity index is 2.89. The van der Waals surface area contributed by atoms with Crippen LogP contribution >= 0.6 is 0 Å². The van der Waals surface area contributed by atoms with E-state index in [0.29, 0.717) is 5.56 Å². The first kappa shape index (κ1) is 8.55. The normalized spacial score (nSPS) is 12.4. The van der Waals surface area contributed by atoms with Crippen molar-refractivity contribution in [3.63, 3.8) is 0 Å². The largest absolute Gasteiger partial charge is 0.508 e. The summed E-state index contributed by atoms with van der Waals surface area (Å²) in [6.07, 6.45) is 0. The maximum absolute atomic E-state index is 10.6. The smallest absolute Gasteiger partial charge is 0.238 e. The molecule has 0 saturated heterocycles. The van der Waals surface area contributed by atoms with Crippen LogP contribution < -0.4 is 11.5 Å². The number of carbonyl (C=O) groups is 1. The number of hydrogen-bond acceptors (Lipinski definition) is 3. The first-order valence-corrected chi connectivity index (χ1v) is 3.45. The summed E-state index contributed by atoms with van der Waals surface area (Å²) in [6, 6.07) is 5.23. The minimum Gasteiger partial charge on any atom is -0.508 e. The van der Waals surface area contributed by atoms with E-state index in [1.54, 1.807) is 12.1 Å². The van der Waals surface area contributed by atoms with Gasteiger partial charge in [-0.2, -0.15) is 0 Å². The highest BCUT2D eigenvalue weighted by molar-refractivity contribution is 5.81. The number of carbonyl (C=O) groups excluding carboxylic acids is 1. The van der Waals surface area contributed by atoms with Crippen LogP contribution in [0.2, 0.25) is 0 Å². The topological polar surface area (TPSA) is 89.3 Å². The highest BCUT2D eigenvalue weighted by atomic mass is 16.3. The zero-order chi connectivity index (χ0) is 9.14. The number of phenolic OH excluding ortho intramolecular Hbond substituents is 1. The van der Waals surface area contributed by atoms with Gasteiger partial charge in [0, 0.05) is 0 Å². The molecule has 4 heteroatoms. The molecule has 12 heavy (non-hydrogen) atoms. The Bertz CT molecular complexity index is 282. The monoisotopic (exact) mass is 166 g/mol. The summed E-state index contributed by atoms with van der Waals surface area (Å²) in [6.45, 7) is 0. The van der Waals surface area contributed by atoms with Gasteiger partial charge in [0.25, 0.3) is 0 Å². The number of primary amides is 1. The van der Waals surface area contributed by atoms with E-state index in [4.69, 9.17) is 16.6 Å². The lowest BCUT2D eigenvalue weighted by Crippen LogP contribution is -2.27. The minimum absolute atomic E-state index is 0.135. The predicted molar refractivity (Wildman–Crippen MR) is 44.2 cm³/mol. The third-order valence-electron chi connectivity index (χ3n) is 1.56. The van der Waals surface area contributed by atoms with Gasteiger partial charge >= 0.3 is 0 Å². The zero-order valence-electron chi connectivity index (χ0n) is 6.40. The Hall–Kier alpha value is -1.55. The van der Waals surface area contributed by atoms with E-state index in [0.717, 1.165) is 0 Å². The number of benzene rings is 1. The molecule has 0 spiro atoms. The molecular weight excluding hydrogens is 156 g/mol. The maximum atomic E-state index is 10.6. The fourth-order valence-electron chi connectivity index (χ4n) is 0.846. The third kappa shape index (κ3) is 1.73. The molecule has 1 aromatic carbocycles. The first-order chi connectivity index (χ1) is 5.61. The van der Waals surface area contributed by atoms with Crippen molar-refractivity contribution in [2.24, 2.45) is 11.5 Å². The maximum Gasteiger partial charge on any atom is 0.238 e. The van der Waals surface area contributed by atoms with E-state index < -0.39 is 11.9 Å². The SMILES string of the molecule is NC(=O)[C@@H](N)c1ccc(O)cc1. The predicted octanol–water partition coefficient (Wildman–Crippen LogP) is -0.123. The second-order valence-corrected chi connectivity index (χ2v) is 2.47. The van der Waals surface area contributed by atoms with Crippen molar-refractivity contribution >= 4 is 5.91 Å². The van der Waals surface area contributed by atoms with Crippen LogP contribution in [-0.4, -0.2) is 11.0 Å². The molecule has 0 fully saturated rings. The molecule has 5 N–H and O–H groups in total. The molecular formula is C8H10N2O2. The van der Waals surface area contributed by atoms with Gasteiger partial charge in [-0.15, -0.1) is 0 Å². The molecule has 1 atom stereocenters.